The van der Waals surface area contributed by atoms with Crippen LogP contribution in [0.5, 0.6) is 5.75 Å². The van der Waals surface area contributed by atoms with Crippen molar-refractivity contribution >= 4 is 10.0 Å². The molecule has 0 radical (unpaired) electrons. The summed E-state index contributed by atoms with van der Waals surface area (Å²) in [5.41, 5.74) is 0.617. The summed E-state index contributed by atoms with van der Waals surface area (Å²) in [6.45, 7) is 5.28. The molecule has 4 N–H and O–H groups in total. The normalized spacial score (nSPS) is 13.0. The van der Waals surface area contributed by atoms with Gasteiger partial charge >= 0.3 is 0 Å². The number of halogens is 1. The van der Waals surface area contributed by atoms with Gasteiger partial charge in [-0.05, 0) is 50.6 Å². The van der Waals surface area contributed by atoms with Crippen LogP contribution in [0.4, 0.5) is 4.39 Å². The van der Waals surface area contributed by atoms with Gasteiger partial charge in [0.15, 0.2) is 0 Å². The number of ether oxygens (including phenoxy) is 1. The number of benzene rings is 2. The van der Waals surface area contributed by atoms with Crippen molar-refractivity contribution in [3.05, 3.63) is 58.9 Å². The number of nitrogens with zero attached hydrogens (tertiary/aromatic N) is 1. The Morgan fingerprint density at radius 2 is 2.00 bits per heavy atom. The van der Waals surface area contributed by atoms with Crippen LogP contribution in [-0.4, -0.2) is 32.8 Å². The highest BCUT2D eigenvalue weighted by Crippen LogP contribution is 2.25. The molecule has 0 saturated carbocycles. The zero-order valence-corrected chi connectivity index (χ0v) is 17.3. The fraction of sp³-hybridized carbons (Fsp3) is 0.350. The van der Waals surface area contributed by atoms with Crippen molar-refractivity contribution in [2.75, 3.05) is 13.2 Å². The van der Waals surface area contributed by atoms with E-state index in [0.717, 1.165) is 11.6 Å². The zero-order chi connectivity index (χ0) is 21.8. The lowest BCUT2D eigenvalue weighted by atomic mass is 9.93. The van der Waals surface area contributed by atoms with Crippen molar-refractivity contribution in [2.24, 2.45) is 5.14 Å². The maximum absolute atomic E-state index is 14.4. The van der Waals surface area contributed by atoms with Crippen LogP contribution in [0.2, 0.25) is 0 Å². The summed E-state index contributed by atoms with van der Waals surface area (Å²) < 4.78 is 42.7. The van der Waals surface area contributed by atoms with Gasteiger partial charge in [-0.3, -0.25) is 0 Å². The van der Waals surface area contributed by atoms with E-state index >= 15 is 0 Å². The molecule has 0 amide bonds. The van der Waals surface area contributed by atoms with E-state index < -0.39 is 27.5 Å². The number of rotatable bonds is 8. The third-order valence-electron chi connectivity index (χ3n) is 4.41. The lowest BCUT2D eigenvalue weighted by Crippen LogP contribution is -2.43. The molecule has 0 spiro atoms. The molecule has 0 unspecified atom stereocenters. The average Bonchev–Trinajstić information content (AvgIpc) is 2.64. The molecule has 1 atom stereocenters. The molecule has 0 saturated heterocycles. The minimum absolute atomic E-state index is 0.0615. The SMILES string of the molecule is Cc1ccc(C#N)c(OC[C@@H](O)CNC(C)(C)c2ccc(S(N)(=O)=O)cc2F)c1. The van der Waals surface area contributed by atoms with Gasteiger partial charge in [0.2, 0.25) is 10.0 Å². The Balaban J connectivity index is 2.01. The zero-order valence-electron chi connectivity index (χ0n) is 16.4. The summed E-state index contributed by atoms with van der Waals surface area (Å²) in [5, 5.41) is 27.4. The highest BCUT2D eigenvalue weighted by atomic mass is 32.2. The lowest BCUT2D eigenvalue weighted by Gasteiger charge is -2.29. The molecule has 0 aromatic heterocycles. The second-order valence-electron chi connectivity index (χ2n) is 7.27. The number of primary sulfonamides is 1. The molecule has 9 heteroatoms. The van der Waals surface area contributed by atoms with Gasteiger partial charge in [0, 0.05) is 17.6 Å². The quantitative estimate of drug-likeness (QED) is 0.598. The van der Waals surface area contributed by atoms with E-state index in [4.69, 9.17) is 15.1 Å². The Kier molecular flexibility index (Phi) is 6.97. The minimum Gasteiger partial charge on any atom is -0.489 e. The summed E-state index contributed by atoms with van der Waals surface area (Å²) in [6, 6.07) is 10.6. The summed E-state index contributed by atoms with van der Waals surface area (Å²) in [4.78, 5) is -0.311. The predicted octanol–water partition coefficient (Wildman–Crippen LogP) is 1.92. The van der Waals surface area contributed by atoms with Crippen LogP contribution in [0.25, 0.3) is 0 Å². The van der Waals surface area contributed by atoms with Crippen molar-refractivity contribution in [3.63, 3.8) is 0 Å². The number of sulfonamides is 1. The Bertz CT molecular complexity index is 1030. The molecule has 0 fully saturated rings. The number of nitrogens with two attached hydrogens (primary N) is 1. The molecule has 0 bridgehead atoms. The number of nitrogens with one attached hydrogen (secondary N) is 1. The van der Waals surface area contributed by atoms with E-state index in [-0.39, 0.29) is 23.6 Å². The lowest BCUT2D eigenvalue weighted by molar-refractivity contribution is 0.0983. The number of nitriles is 1. The maximum Gasteiger partial charge on any atom is 0.238 e. The number of aliphatic hydroxyl groups is 1. The van der Waals surface area contributed by atoms with Crippen molar-refractivity contribution < 1.29 is 22.7 Å². The van der Waals surface area contributed by atoms with Crippen LogP contribution in [0.1, 0.15) is 30.5 Å². The molecule has 2 aromatic rings. The van der Waals surface area contributed by atoms with Gasteiger partial charge in [0.25, 0.3) is 0 Å². The van der Waals surface area contributed by atoms with E-state index in [1.54, 1.807) is 32.0 Å². The van der Waals surface area contributed by atoms with Crippen LogP contribution in [0.15, 0.2) is 41.3 Å². The summed E-state index contributed by atoms with van der Waals surface area (Å²) in [7, 11) is -4.00. The molecular weight excluding hydrogens is 397 g/mol. The highest BCUT2D eigenvalue weighted by Gasteiger charge is 2.26. The van der Waals surface area contributed by atoms with Crippen molar-refractivity contribution in [1.82, 2.24) is 5.32 Å². The van der Waals surface area contributed by atoms with E-state index in [9.17, 15) is 17.9 Å². The highest BCUT2D eigenvalue weighted by molar-refractivity contribution is 7.89. The molecule has 2 rings (SSSR count). The first-order valence-corrected chi connectivity index (χ1v) is 10.4. The summed E-state index contributed by atoms with van der Waals surface area (Å²) >= 11 is 0. The molecule has 0 heterocycles. The van der Waals surface area contributed by atoms with E-state index in [1.807, 2.05) is 13.0 Å². The van der Waals surface area contributed by atoms with Gasteiger partial charge in [-0.2, -0.15) is 5.26 Å². The van der Waals surface area contributed by atoms with Crippen LogP contribution in [0, 0.1) is 24.1 Å². The van der Waals surface area contributed by atoms with Gasteiger partial charge < -0.3 is 15.2 Å². The van der Waals surface area contributed by atoms with Gasteiger partial charge in [-0.1, -0.05) is 12.1 Å². The number of hydrogen-bond donors (Lipinski definition) is 3. The van der Waals surface area contributed by atoms with Gasteiger partial charge in [0.1, 0.15) is 30.3 Å². The second kappa shape index (κ2) is 8.88. The van der Waals surface area contributed by atoms with Crippen molar-refractivity contribution in [3.8, 4) is 11.8 Å². The van der Waals surface area contributed by atoms with E-state index in [2.05, 4.69) is 5.32 Å². The smallest absolute Gasteiger partial charge is 0.238 e. The Labute approximate surface area is 170 Å². The maximum atomic E-state index is 14.4. The minimum atomic E-state index is -4.00. The molecule has 7 nitrogen and oxygen atoms in total. The van der Waals surface area contributed by atoms with Crippen molar-refractivity contribution in [2.45, 2.75) is 37.3 Å². The first-order chi connectivity index (χ1) is 13.4. The second-order valence-corrected chi connectivity index (χ2v) is 8.83. The summed E-state index contributed by atoms with van der Waals surface area (Å²) in [5.74, 6) is -0.339. The molecule has 0 aliphatic heterocycles. The molecule has 0 aliphatic carbocycles. The topological polar surface area (TPSA) is 125 Å². The average molecular weight is 421 g/mol. The Morgan fingerprint density at radius 3 is 2.59 bits per heavy atom. The third kappa shape index (κ3) is 5.98. The predicted molar refractivity (Wildman–Crippen MR) is 106 cm³/mol. The van der Waals surface area contributed by atoms with Crippen LogP contribution >= 0.6 is 0 Å². The van der Waals surface area contributed by atoms with Crippen LogP contribution in [0.3, 0.4) is 0 Å². The summed E-state index contributed by atoms with van der Waals surface area (Å²) in [6.07, 6.45) is -0.923. The number of aliphatic hydroxyl groups excluding tert-OH is 1. The first-order valence-electron chi connectivity index (χ1n) is 8.83. The van der Waals surface area contributed by atoms with Crippen molar-refractivity contribution in [1.29, 1.82) is 5.26 Å². The number of hydrogen-bond acceptors (Lipinski definition) is 6. The van der Waals surface area contributed by atoms with Gasteiger partial charge in [-0.15, -0.1) is 0 Å². The van der Waals surface area contributed by atoms with E-state index in [0.29, 0.717) is 11.3 Å². The monoisotopic (exact) mass is 421 g/mol. The standard InChI is InChI=1S/C20H24FN3O4S/c1-13-4-5-14(10-22)19(8-13)28-12-15(25)11-24-20(2,3)17-7-6-16(9-18(17)21)29(23,26)27/h4-9,15,24-25H,11-12H2,1-3H3,(H2,23,26,27)/t15-/m0/s1. The van der Waals surface area contributed by atoms with Crippen LogP contribution < -0.4 is 15.2 Å². The Hall–Kier alpha value is -2.51. The largest absolute Gasteiger partial charge is 0.489 e. The molecule has 29 heavy (non-hydrogen) atoms. The fourth-order valence-electron chi connectivity index (χ4n) is 2.73. The molecular formula is C20H24FN3O4S. The van der Waals surface area contributed by atoms with E-state index in [1.165, 1.54) is 12.1 Å². The third-order valence-corrected chi connectivity index (χ3v) is 5.32. The van der Waals surface area contributed by atoms with Gasteiger partial charge in [0.05, 0.1) is 10.5 Å². The fourth-order valence-corrected chi connectivity index (χ4v) is 3.26. The van der Waals surface area contributed by atoms with Crippen LogP contribution in [-0.2, 0) is 15.6 Å². The molecule has 2 aromatic carbocycles. The molecule has 0 aliphatic rings. The number of aryl methyl sites for hydroxylation is 1. The molecule has 156 valence electrons. The Morgan fingerprint density at radius 1 is 1.31 bits per heavy atom. The first kappa shape index (κ1) is 22.8. The van der Waals surface area contributed by atoms with Gasteiger partial charge in [-0.25, -0.2) is 17.9 Å².